The van der Waals surface area contributed by atoms with E-state index in [0.717, 1.165) is 49.8 Å². The fraction of sp³-hybridized carbons (Fsp3) is 0.531. The number of benzene rings is 2. The van der Waals surface area contributed by atoms with Crippen molar-refractivity contribution in [3.63, 3.8) is 0 Å². The van der Waals surface area contributed by atoms with Crippen molar-refractivity contribution < 1.29 is 30.3 Å². The second-order valence-electron chi connectivity index (χ2n) is 10.9. The number of nitrogens with zero attached hydrogens (tertiary/aromatic N) is 1. The van der Waals surface area contributed by atoms with Crippen LogP contribution in [0.25, 0.3) is 22.0 Å². The number of aryl methyl sites for hydroxylation is 1. The van der Waals surface area contributed by atoms with Crippen molar-refractivity contribution in [2.75, 3.05) is 0 Å². The summed E-state index contributed by atoms with van der Waals surface area (Å²) in [4.78, 5) is 4.48. The molecule has 1 aromatic heterocycles. The Hall–Kier alpha value is -1.58. The molecule has 0 aliphatic heterocycles. The molecule has 2 N–H and O–H groups in total. The van der Waals surface area contributed by atoms with E-state index in [1.165, 1.54) is 16.3 Å². The average molecular weight is 665 g/mol. The van der Waals surface area contributed by atoms with Crippen molar-refractivity contribution in [1.82, 2.24) is 4.98 Å². The van der Waals surface area contributed by atoms with E-state index in [1.54, 1.807) is 0 Å². The summed E-state index contributed by atoms with van der Waals surface area (Å²) in [5.74, 6) is 0.666. The maximum Gasteiger partial charge on any atom is 0.0651 e. The molecule has 2 atom stereocenters. The van der Waals surface area contributed by atoms with Gasteiger partial charge in [0.15, 0.2) is 0 Å². The molecule has 0 bridgehead atoms. The normalized spacial score (nSPS) is 25.5. The van der Waals surface area contributed by atoms with Gasteiger partial charge in [0.2, 0.25) is 0 Å². The molecule has 3 aromatic rings. The SMILES string of the molecule is CCC1(CC)CC2CC(CC)(CC)C(O)C2C1O.Cc1ccc2c(-c3[c-]cccc3)nccc2c1.[Ir]. The molecule has 2 aliphatic rings. The van der Waals surface area contributed by atoms with E-state index in [-0.39, 0.29) is 49.1 Å². The van der Waals surface area contributed by atoms with Gasteiger partial charge < -0.3 is 15.2 Å². The van der Waals surface area contributed by atoms with E-state index in [4.69, 9.17) is 0 Å². The molecule has 2 saturated carbocycles. The van der Waals surface area contributed by atoms with E-state index in [9.17, 15) is 10.2 Å². The summed E-state index contributed by atoms with van der Waals surface area (Å²) in [5.41, 5.74) is 3.46. The minimum absolute atomic E-state index is 0. The quantitative estimate of drug-likeness (QED) is 0.280. The molecule has 1 heterocycles. The summed E-state index contributed by atoms with van der Waals surface area (Å²) in [6, 6.07) is 19.7. The van der Waals surface area contributed by atoms with Crippen molar-refractivity contribution in [3.8, 4) is 11.3 Å². The first-order chi connectivity index (χ1) is 16.8. The molecular weight excluding hydrogens is 623 g/mol. The zero-order valence-corrected chi connectivity index (χ0v) is 24.8. The van der Waals surface area contributed by atoms with E-state index < -0.39 is 0 Å². The monoisotopic (exact) mass is 665 g/mol. The van der Waals surface area contributed by atoms with Crippen molar-refractivity contribution >= 4 is 10.8 Å². The molecule has 3 nitrogen and oxygen atoms in total. The smallest absolute Gasteiger partial charge is 0.0651 e. The number of aliphatic hydroxyl groups excluding tert-OH is 2. The molecule has 0 spiro atoms. The Morgan fingerprint density at radius 1 is 0.889 bits per heavy atom. The van der Waals surface area contributed by atoms with E-state index in [2.05, 4.69) is 69.9 Å². The van der Waals surface area contributed by atoms with Crippen LogP contribution < -0.4 is 0 Å². The number of aliphatic hydroxyl groups is 2. The largest absolute Gasteiger partial charge is 0.392 e. The van der Waals surface area contributed by atoms with Gasteiger partial charge in [-0.05, 0) is 84.7 Å². The molecule has 36 heavy (non-hydrogen) atoms. The molecule has 5 rings (SSSR count). The maximum atomic E-state index is 10.7. The fourth-order valence-electron chi connectivity index (χ4n) is 7.10. The van der Waals surface area contributed by atoms with Gasteiger partial charge in [-0.2, -0.15) is 0 Å². The molecule has 2 aromatic carbocycles. The molecular formula is C32H42IrNO2-. The summed E-state index contributed by atoms with van der Waals surface area (Å²) in [6.45, 7) is 10.9. The Labute approximate surface area is 231 Å². The van der Waals surface area contributed by atoms with E-state index >= 15 is 0 Å². The number of hydrogen-bond acceptors (Lipinski definition) is 3. The van der Waals surface area contributed by atoms with Crippen molar-refractivity contribution in [1.29, 1.82) is 0 Å². The first-order valence-electron chi connectivity index (χ1n) is 13.5. The van der Waals surface area contributed by atoms with Crippen molar-refractivity contribution in [3.05, 3.63) is 66.4 Å². The summed E-state index contributed by atoms with van der Waals surface area (Å²) < 4.78 is 0. The summed E-state index contributed by atoms with van der Waals surface area (Å²) in [7, 11) is 0. The summed E-state index contributed by atoms with van der Waals surface area (Å²) in [5, 5.41) is 23.9. The van der Waals surface area contributed by atoms with Crippen LogP contribution in [-0.2, 0) is 20.1 Å². The first-order valence-corrected chi connectivity index (χ1v) is 13.5. The Kier molecular flexibility index (Phi) is 9.55. The number of fused-ring (bicyclic) bond motifs is 2. The molecule has 2 unspecified atom stereocenters. The van der Waals surface area contributed by atoms with Crippen LogP contribution in [0.15, 0.2) is 54.7 Å². The average Bonchev–Trinajstić information content (AvgIpc) is 3.34. The van der Waals surface area contributed by atoms with Crippen LogP contribution >= 0.6 is 0 Å². The van der Waals surface area contributed by atoms with Crippen molar-refractivity contribution in [2.45, 2.75) is 85.4 Å². The molecule has 1 radical (unpaired) electrons. The van der Waals surface area contributed by atoms with Gasteiger partial charge in [-0.25, -0.2) is 0 Å². The maximum absolute atomic E-state index is 10.7. The summed E-state index contributed by atoms with van der Waals surface area (Å²) in [6.07, 6.45) is 7.64. The Balaban J connectivity index is 0.000000195. The van der Waals surface area contributed by atoms with Crippen LogP contribution in [0, 0.1) is 35.7 Å². The summed E-state index contributed by atoms with van der Waals surface area (Å²) >= 11 is 0. The minimum atomic E-state index is -0.299. The first kappa shape index (κ1) is 29.0. The van der Waals surface area contributed by atoms with Crippen LogP contribution in [-0.4, -0.2) is 27.4 Å². The molecule has 0 amide bonds. The number of hydrogen-bond donors (Lipinski definition) is 2. The van der Waals surface area contributed by atoms with Gasteiger partial charge in [0, 0.05) is 32.2 Å². The van der Waals surface area contributed by atoms with Gasteiger partial charge in [-0.15, -0.1) is 35.9 Å². The Morgan fingerprint density at radius 3 is 2.00 bits per heavy atom. The van der Waals surface area contributed by atoms with Gasteiger partial charge in [0.1, 0.15) is 0 Å². The van der Waals surface area contributed by atoms with Crippen LogP contribution in [0.4, 0.5) is 0 Å². The predicted molar refractivity (Wildman–Crippen MR) is 145 cm³/mol. The second-order valence-corrected chi connectivity index (χ2v) is 10.9. The molecule has 0 saturated heterocycles. The van der Waals surface area contributed by atoms with Gasteiger partial charge in [-0.1, -0.05) is 51.5 Å². The third-order valence-corrected chi connectivity index (χ3v) is 9.57. The molecule has 2 fully saturated rings. The van der Waals surface area contributed by atoms with Gasteiger partial charge in [-0.3, -0.25) is 0 Å². The number of aromatic nitrogens is 1. The standard InChI is InChI=1S/C16H12N.C16H30O2.Ir/c1-12-7-8-15-14(11-12)9-10-17-16(15)13-5-3-2-4-6-13;1-5-15(6-2)9-11-10-16(7-3,8-4)14(18)12(11)13(15)17;/h2-5,7-11H,1H3;11-14,17-18H,5-10H2,1-4H3;/q-1;;. The van der Waals surface area contributed by atoms with Gasteiger partial charge in [0.25, 0.3) is 0 Å². The van der Waals surface area contributed by atoms with E-state index in [1.807, 2.05) is 30.5 Å². The minimum Gasteiger partial charge on any atom is -0.392 e. The zero-order chi connectivity index (χ0) is 25.2. The van der Waals surface area contributed by atoms with Crippen LogP contribution in [0.1, 0.15) is 71.8 Å². The third kappa shape index (κ3) is 5.07. The van der Waals surface area contributed by atoms with Crippen LogP contribution in [0.3, 0.4) is 0 Å². The molecule has 2 aliphatic carbocycles. The second kappa shape index (κ2) is 11.9. The Bertz CT molecular complexity index is 1100. The van der Waals surface area contributed by atoms with Crippen LogP contribution in [0.2, 0.25) is 0 Å². The number of rotatable bonds is 5. The fourth-order valence-corrected chi connectivity index (χ4v) is 7.10. The zero-order valence-electron chi connectivity index (χ0n) is 22.4. The molecule has 197 valence electrons. The van der Waals surface area contributed by atoms with Gasteiger partial charge in [0.05, 0.1) is 12.2 Å². The van der Waals surface area contributed by atoms with E-state index in [0.29, 0.717) is 5.92 Å². The molecule has 4 heteroatoms. The topological polar surface area (TPSA) is 53.4 Å². The third-order valence-electron chi connectivity index (χ3n) is 9.57. The van der Waals surface area contributed by atoms with Crippen LogP contribution in [0.5, 0.6) is 0 Å². The number of pyridine rings is 1. The van der Waals surface area contributed by atoms with Crippen molar-refractivity contribution in [2.24, 2.45) is 22.7 Å². The van der Waals surface area contributed by atoms with Gasteiger partial charge >= 0.3 is 0 Å². The Morgan fingerprint density at radius 2 is 1.50 bits per heavy atom. The predicted octanol–water partition coefficient (Wildman–Crippen LogP) is 7.37.